The molecule has 5 nitrogen and oxygen atoms in total. The van der Waals surface area contributed by atoms with Crippen LogP contribution in [0.15, 0.2) is 34.7 Å². The van der Waals surface area contributed by atoms with Gasteiger partial charge in [-0.3, -0.25) is 10.1 Å². The summed E-state index contributed by atoms with van der Waals surface area (Å²) in [6.45, 7) is 2.34. The SMILES string of the molecule is Cc1ccc(CNc2ccc([N+](=O)[O-])cc2Cl)o1. The van der Waals surface area contributed by atoms with E-state index in [-0.39, 0.29) is 5.69 Å². The lowest BCUT2D eigenvalue weighted by atomic mass is 10.3. The second-order valence-electron chi connectivity index (χ2n) is 3.79. The molecule has 6 heteroatoms. The summed E-state index contributed by atoms with van der Waals surface area (Å²) in [5.74, 6) is 1.61. The number of benzene rings is 1. The summed E-state index contributed by atoms with van der Waals surface area (Å²) in [6, 6.07) is 8.03. The van der Waals surface area contributed by atoms with E-state index in [0.29, 0.717) is 17.3 Å². The first-order chi connectivity index (χ1) is 8.56. The van der Waals surface area contributed by atoms with Crippen LogP contribution >= 0.6 is 11.6 Å². The molecule has 1 aromatic heterocycles. The monoisotopic (exact) mass is 266 g/mol. The molecule has 94 valence electrons. The van der Waals surface area contributed by atoms with Crippen molar-refractivity contribution in [1.82, 2.24) is 0 Å². The van der Waals surface area contributed by atoms with Crippen LogP contribution in [-0.2, 0) is 6.54 Å². The van der Waals surface area contributed by atoms with Crippen molar-refractivity contribution in [2.24, 2.45) is 0 Å². The summed E-state index contributed by atoms with van der Waals surface area (Å²) in [6.07, 6.45) is 0. The molecular formula is C12H11ClN2O3. The molecule has 0 amide bonds. The normalized spacial score (nSPS) is 10.3. The number of anilines is 1. The van der Waals surface area contributed by atoms with Gasteiger partial charge in [0, 0.05) is 12.1 Å². The molecule has 2 aromatic rings. The molecule has 1 heterocycles. The minimum atomic E-state index is -0.481. The van der Waals surface area contributed by atoms with Crippen molar-refractivity contribution in [3.8, 4) is 0 Å². The lowest BCUT2D eigenvalue weighted by Crippen LogP contribution is -1.99. The zero-order valence-corrected chi connectivity index (χ0v) is 10.4. The molecule has 0 unspecified atom stereocenters. The molecule has 0 fully saturated rings. The molecular weight excluding hydrogens is 256 g/mol. The highest BCUT2D eigenvalue weighted by atomic mass is 35.5. The molecule has 0 atom stereocenters. The number of nitro groups is 1. The fraction of sp³-hybridized carbons (Fsp3) is 0.167. The molecule has 0 spiro atoms. The summed E-state index contributed by atoms with van der Waals surface area (Å²) >= 11 is 5.95. The summed E-state index contributed by atoms with van der Waals surface area (Å²) in [4.78, 5) is 10.1. The molecule has 1 N–H and O–H groups in total. The van der Waals surface area contributed by atoms with Crippen LogP contribution in [0.25, 0.3) is 0 Å². The van der Waals surface area contributed by atoms with E-state index in [2.05, 4.69) is 5.32 Å². The molecule has 0 aliphatic rings. The topological polar surface area (TPSA) is 68.3 Å². The van der Waals surface area contributed by atoms with E-state index < -0.39 is 4.92 Å². The lowest BCUT2D eigenvalue weighted by molar-refractivity contribution is -0.384. The van der Waals surface area contributed by atoms with E-state index in [1.165, 1.54) is 12.1 Å². The van der Waals surface area contributed by atoms with Crippen LogP contribution in [0.5, 0.6) is 0 Å². The number of aryl methyl sites for hydroxylation is 1. The van der Waals surface area contributed by atoms with Crippen LogP contribution in [0, 0.1) is 17.0 Å². The Kier molecular flexibility index (Phi) is 3.53. The van der Waals surface area contributed by atoms with Gasteiger partial charge in [0.2, 0.25) is 0 Å². The van der Waals surface area contributed by atoms with Crippen molar-refractivity contribution in [2.45, 2.75) is 13.5 Å². The molecule has 2 rings (SSSR count). The van der Waals surface area contributed by atoms with Gasteiger partial charge in [-0.15, -0.1) is 0 Å². The van der Waals surface area contributed by atoms with Crippen LogP contribution in [0.2, 0.25) is 5.02 Å². The zero-order valence-electron chi connectivity index (χ0n) is 9.64. The maximum atomic E-state index is 10.6. The first-order valence-corrected chi connectivity index (χ1v) is 5.67. The van der Waals surface area contributed by atoms with Gasteiger partial charge < -0.3 is 9.73 Å². The Hall–Kier alpha value is -2.01. The van der Waals surface area contributed by atoms with Crippen molar-refractivity contribution in [1.29, 1.82) is 0 Å². The predicted octanol–water partition coefficient (Wildman–Crippen LogP) is 3.76. The number of rotatable bonds is 4. The Bertz CT molecular complexity index is 580. The van der Waals surface area contributed by atoms with E-state index in [0.717, 1.165) is 11.5 Å². The lowest BCUT2D eigenvalue weighted by Gasteiger charge is -2.06. The minimum absolute atomic E-state index is 0.0283. The van der Waals surface area contributed by atoms with Gasteiger partial charge in [-0.05, 0) is 25.1 Å². The van der Waals surface area contributed by atoms with Crippen molar-refractivity contribution in [3.63, 3.8) is 0 Å². The van der Waals surface area contributed by atoms with Crippen LogP contribution in [-0.4, -0.2) is 4.92 Å². The fourth-order valence-electron chi connectivity index (χ4n) is 1.52. The minimum Gasteiger partial charge on any atom is -0.465 e. The fourth-order valence-corrected chi connectivity index (χ4v) is 1.77. The molecule has 0 saturated heterocycles. The largest absolute Gasteiger partial charge is 0.465 e. The van der Waals surface area contributed by atoms with Gasteiger partial charge in [0.25, 0.3) is 5.69 Å². The van der Waals surface area contributed by atoms with E-state index in [1.807, 2.05) is 19.1 Å². The summed E-state index contributed by atoms with van der Waals surface area (Å²) < 4.78 is 5.39. The number of non-ortho nitro benzene ring substituents is 1. The smallest absolute Gasteiger partial charge is 0.271 e. The van der Waals surface area contributed by atoms with Gasteiger partial charge >= 0.3 is 0 Å². The standard InChI is InChI=1S/C12H11ClN2O3/c1-8-2-4-10(18-8)7-14-12-5-3-9(15(16)17)6-11(12)13/h2-6,14H,7H2,1H3. The van der Waals surface area contributed by atoms with E-state index in [1.54, 1.807) is 6.07 Å². The third-order valence-corrected chi connectivity index (χ3v) is 2.73. The number of halogens is 1. The van der Waals surface area contributed by atoms with Gasteiger partial charge in [-0.2, -0.15) is 0 Å². The Morgan fingerprint density at radius 2 is 2.17 bits per heavy atom. The average molecular weight is 267 g/mol. The Morgan fingerprint density at radius 1 is 1.39 bits per heavy atom. The van der Waals surface area contributed by atoms with Crippen LogP contribution in [0.4, 0.5) is 11.4 Å². The maximum absolute atomic E-state index is 10.6. The quantitative estimate of drug-likeness (QED) is 0.676. The Morgan fingerprint density at radius 3 is 2.72 bits per heavy atom. The first-order valence-electron chi connectivity index (χ1n) is 5.29. The Balaban J connectivity index is 2.08. The summed E-state index contributed by atoms with van der Waals surface area (Å²) in [5, 5.41) is 13.9. The third kappa shape index (κ3) is 2.81. The van der Waals surface area contributed by atoms with E-state index in [4.69, 9.17) is 16.0 Å². The average Bonchev–Trinajstić information content (AvgIpc) is 2.73. The summed E-state index contributed by atoms with van der Waals surface area (Å²) in [7, 11) is 0. The second kappa shape index (κ2) is 5.10. The number of nitrogens with one attached hydrogen (secondary N) is 1. The number of hydrogen-bond acceptors (Lipinski definition) is 4. The highest BCUT2D eigenvalue weighted by Gasteiger charge is 2.09. The maximum Gasteiger partial charge on any atom is 0.271 e. The van der Waals surface area contributed by atoms with E-state index >= 15 is 0 Å². The summed E-state index contributed by atoms with van der Waals surface area (Å²) in [5.41, 5.74) is 0.607. The van der Waals surface area contributed by atoms with Crippen molar-refractivity contribution in [2.75, 3.05) is 5.32 Å². The van der Waals surface area contributed by atoms with Crippen molar-refractivity contribution >= 4 is 23.0 Å². The Labute approximate surface area is 109 Å². The molecule has 0 radical (unpaired) electrons. The highest BCUT2D eigenvalue weighted by molar-refractivity contribution is 6.33. The van der Waals surface area contributed by atoms with Crippen LogP contribution < -0.4 is 5.32 Å². The van der Waals surface area contributed by atoms with Gasteiger partial charge in [0.1, 0.15) is 11.5 Å². The van der Waals surface area contributed by atoms with Crippen molar-refractivity contribution in [3.05, 3.63) is 57.0 Å². The van der Waals surface area contributed by atoms with Crippen LogP contribution in [0.3, 0.4) is 0 Å². The van der Waals surface area contributed by atoms with Crippen molar-refractivity contribution < 1.29 is 9.34 Å². The zero-order chi connectivity index (χ0) is 13.1. The number of hydrogen-bond donors (Lipinski definition) is 1. The molecule has 0 saturated carbocycles. The number of furan rings is 1. The van der Waals surface area contributed by atoms with Gasteiger partial charge in [-0.1, -0.05) is 11.6 Å². The molecule has 0 aliphatic heterocycles. The van der Waals surface area contributed by atoms with Gasteiger partial charge in [0.05, 0.1) is 22.2 Å². The molecule has 18 heavy (non-hydrogen) atoms. The van der Waals surface area contributed by atoms with Gasteiger partial charge in [0.15, 0.2) is 0 Å². The number of nitro benzene ring substituents is 1. The number of nitrogens with zero attached hydrogens (tertiary/aromatic N) is 1. The predicted molar refractivity (Wildman–Crippen MR) is 68.9 cm³/mol. The van der Waals surface area contributed by atoms with Crippen LogP contribution in [0.1, 0.15) is 11.5 Å². The van der Waals surface area contributed by atoms with Gasteiger partial charge in [-0.25, -0.2) is 0 Å². The second-order valence-corrected chi connectivity index (χ2v) is 4.19. The molecule has 0 aliphatic carbocycles. The highest BCUT2D eigenvalue weighted by Crippen LogP contribution is 2.27. The first kappa shape index (κ1) is 12.4. The molecule has 0 bridgehead atoms. The molecule has 1 aromatic carbocycles. The third-order valence-electron chi connectivity index (χ3n) is 2.41. The van der Waals surface area contributed by atoms with E-state index in [9.17, 15) is 10.1 Å².